The molecule has 1 N–H and O–H groups in total. The van der Waals surface area contributed by atoms with Crippen LogP contribution in [0.3, 0.4) is 0 Å². The molecule has 0 aliphatic heterocycles. The summed E-state index contributed by atoms with van der Waals surface area (Å²) < 4.78 is 47.9. The van der Waals surface area contributed by atoms with Gasteiger partial charge < -0.3 is 14.8 Å². The zero-order valence-corrected chi connectivity index (χ0v) is 11.4. The van der Waals surface area contributed by atoms with Crippen molar-refractivity contribution in [2.24, 2.45) is 0 Å². The molecule has 0 fully saturated rings. The van der Waals surface area contributed by atoms with Crippen LogP contribution >= 0.6 is 0 Å². The van der Waals surface area contributed by atoms with E-state index in [9.17, 15) is 13.2 Å². The Morgan fingerprint density at radius 2 is 1.68 bits per heavy atom. The molecule has 6 heteroatoms. The van der Waals surface area contributed by atoms with E-state index in [2.05, 4.69) is 5.32 Å². The van der Waals surface area contributed by atoms with E-state index in [1.54, 1.807) is 19.1 Å². The van der Waals surface area contributed by atoms with Gasteiger partial charge in [0.15, 0.2) is 11.5 Å². The number of ether oxygens (including phenoxy) is 2. The lowest BCUT2D eigenvalue weighted by Crippen LogP contribution is -2.24. The summed E-state index contributed by atoms with van der Waals surface area (Å²) in [6.45, 7) is 1.75. The van der Waals surface area contributed by atoms with Crippen LogP contribution in [0.1, 0.15) is 23.6 Å². The van der Waals surface area contributed by atoms with Gasteiger partial charge in [-0.2, -0.15) is 13.2 Å². The molecular weight excluding hydrogens is 259 g/mol. The minimum Gasteiger partial charge on any atom is -0.493 e. The lowest BCUT2D eigenvalue weighted by molar-refractivity contribution is -0.140. The number of methoxy groups -OCH3 is 2. The van der Waals surface area contributed by atoms with Gasteiger partial charge in [-0.3, -0.25) is 0 Å². The van der Waals surface area contributed by atoms with E-state index in [-0.39, 0.29) is 0 Å². The van der Waals surface area contributed by atoms with Gasteiger partial charge in [0, 0.05) is 6.04 Å². The molecule has 1 aromatic carbocycles. The Bertz CT molecular complexity index is 433. The number of hydrogen-bond donors (Lipinski definition) is 1. The Kier molecular flexibility index (Phi) is 5.05. The van der Waals surface area contributed by atoms with E-state index in [0.717, 1.165) is 5.56 Å². The van der Waals surface area contributed by atoms with Crippen molar-refractivity contribution < 1.29 is 22.6 Å². The summed E-state index contributed by atoms with van der Waals surface area (Å²) in [5.41, 5.74) is 1.28. The van der Waals surface area contributed by atoms with Crippen LogP contribution < -0.4 is 14.8 Å². The summed E-state index contributed by atoms with van der Waals surface area (Å²) in [5.74, 6) is 0.927. The first-order valence-electron chi connectivity index (χ1n) is 5.79. The topological polar surface area (TPSA) is 30.5 Å². The molecule has 3 nitrogen and oxygen atoms in total. The fourth-order valence-corrected chi connectivity index (χ4v) is 1.97. The average Bonchev–Trinajstić information content (AvgIpc) is 2.34. The highest BCUT2D eigenvalue weighted by molar-refractivity contribution is 5.48. The minimum atomic E-state index is -4.23. The molecule has 0 radical (unpaired) electrons. The monoisotopic (exact) mass is 277 g/mol. The van der Waals surface area contributed by atoms with Gasteiger partial charge in [-0.25, -0.2) is 0 Å². The van der Waals surface area contributed by atoms with Gasteiger partial charge in [0.1, 0.15) is 0 Å². The van der Waals surface area contributed by atoms with E-state index in [0.29, 0.717) is 17.1 Å². The van der Waals surface area contributed by atoms with E-state index in [1.807, 2.05) is 0 Å². The normalized spacial score (nSPS) is 13.2. The van der Waals surface area contributed by atoms with E-state index in [4.69, 9.17) is 9.47 Å². The third-order valence-electron chi connectivity index (χ3n) is 2.93. The van der Waals surface area contributed by atoms with Gasteiger partial charge in [-0.15, -0.1) is 0 Å². The number of aryl methyl sites for hydroxylation is 1. The molecule has 0 amide bonds. The fraction of sp³-hybridized carbons (Fsp3) is 0.538. The fourth-order valence-electron chi connectivity index (χ4n) is 1.97. The Morgan fingerprint density at radius 1 is 1.16 bits per heavy atom. The van der Waals surface area contributed by atoms with Crippen molar-refractivity contribution in [3.63, 3.8) is 0 Å². The van der Waals surface area contributed by atoms with Crippen LogP contribution in [0.4, 0.5) is 13.2 Å². The first-order chi connectivity index (χ1) is 8.82. The molecule has 19 heavy (non-hydrogen) atoms. The van der Waals surface area contributed by atoms with Crippen molar-refractivity contribution in [2.75, 3.05) is 21.3 Å². The first-order valence-corrected chi connectivity index (χ1v) is 5.79. The quantitative estimate of drug-likeness (QED) is 0.896. The van der Waals surface area contributed by atoms with Crippen LogP contribution in [0, 0.1) is 6.92 Å². The third kappa shape index (κ3) is 4.02. The van der Waals surface area contributed by atoms with Crippen molar-refractivity contribution in [3.8, 4) is 11.5 Å². The summed E-state index contributed by atoms with van der Waals surface area (Å²) in [4.78, 5) is 0. The van der Waals surface area contributed by atoms with E-state index >= 15 is 0 Å². The Hall–Kier alpha value is -1.43. The molecular formula is C13H18F3NO2. The molecule has 0 saturated heterocycles. The highest BCUT2D eigenvalue weighted by Crippen LogP contribution is 2.36. The lowest BCUT2D eigenvalue weighted by atomic mass is 9.98. The van der Waals surface area contributed by atoms with Gasteiger partial charge in [0.2, 0.25) is 0 Å². The van der Waals surface area contributed by atoms with Crippen LogP contribution in [0.2, 0.25) is 0 Å². The number of nitrogens with one attached hydrogen (secondary N) is 1. The predicted octanol–water partition coefficient (Wildman–Crippen LogP) is 3.23. The molecule has 0 aliphatic rings. The molecule has 0 aromatic heterocycles. The summed E-state index contributed by atoms with van der Waals surface area (Å²) >= 11 is 0. The second-order valence-corrected chi connectivity index (χ2v) is 4.22. The Balaban J connectivity index is 3.17. The Morgan fingerprint density at radius 3 is 2.11 bits per heavy atom. The van der Waals surface area contributed by atoms with Crippen LogP contribution in [0.5, 0.6) is 11.5 Å². The molecule has 0 heterocycles. The molecule has 0 saturated carbocycles. The number of alkyl halides is 3. The largest absolute Gasteiger partial charge is 0.493 e. The maximum Gasteiger partial charge on any atom is 0.390 e. The smallest absolute Gasteiger partial charge is 0.390 e. The average molecular weight is 277 g/mol. The van der Waals surface area contributed by atoms with Crippen molar-refractivity contribution in [1.82, 2.24) is 5.32 Å². The summed E-state index contributed by atoms with van der Waals surface area (Å²) in [6.07, 6.45) is -5.16. The molecule has 0 spiro atoms. The van der Waals surface area contributed by atoms with Crippen molar-refractivity contribution >= 4 is 0 Å². The van der Waals surface area contributed by atoms with Gasteiger partial charge in [0.25, 0.3) is 0 Å². The summed E-state index contributed by atoms with van der Waals surface area (Å²) in [6, 6.07) is 2.45. The van der Waals surface area contributed by atoms with Crippen molar-refractivity contribution in [2.45, 2.75) is 25.6 Å². The van der Waals surface area contributed by atoms with Gasteiger partial charge >= 0.3 is 6.18 Å². The number of rotatable bonds is 5. The molecule has 0 bridgehead atoms. The first kappa shape index (κ1) is 15.6. The molecule has 1 atom stereocenters. The van der Waals surface area contributed by atoms with Crippen molar-refractivity contribution in [3.05, 3.63) is 23.3 Å². The number of benzene rings is 1. The molecule has 108 valence electrons. The van der Waals surface area contributed by atoms with Crippen LogP contribution in [-0.2, 0) is 0 Å². The maximum absolute atomic E-state index is 12.5. The highest BCUT2D eigenvalue weighted by Gasteiger charge is 2.32. The zero-order valence-electron chi connectivity index (χ0n) is 11.4. The van der Waals surface area contributed by atoms with Crippen LogP contribution in [0.25, 0.3) is 0 Å². The van der Waals surface area contributed by atoms with Crippen LogP contribution in [0.15, 0.2) is 12.1 Å². The molecule has 1 aromatic rings. The highest BCUT2D eigenvalue weighted by atomic mass is 19.4. The summed E-state index contributed by atoms with van der Waals surface area (Å²) in [7, 11) is 4.45. The van der Waals surface area contributed by atoms with Gasteiger partial charge in [-0.1, -0.05) is 0 Å². The van der Waals surface area contributed by atoms with Crippen LogP contribution in [-0.4, -0.2) is 27.4 Å². The van der Waals surface area contributed by atoms with Gasteiger partial charge in [-0.05, 0) is 37.2 Å². The molecule has 0 aliphatic carbocycles. The van der Waals surface area contributed by atoms with E-state index < -0.39 is 18.6 Å². The van der Waals surface area contributed by atoms with Gasteiger partial charge in [0.05, 0.1) is 20.6 Å². The second-order valence-electron chi connectivity index (χ2n) is 4.22. The third-order valence-corrected chi connectivity index (χ3v) is 2.93. The van der Waals surface area contributed by atoms with E-state index in [1.165, 1.54) is 21.3 Å². The minimum absolute atomic E-state index is 0.422. The lowest BCUT2D eigenvalue weighted by Gasteiger charge is -2.22. The maximum atomic E-state index is 12.5. The molecule has 1 unspecified atom stereocenters. The van der Waals surface area contributed by atoms with Crippen molar-refractivity contribution in [1.29, 1.82) is 0 Å². The molecule has 1 rings (SSSR count). The zero-order chi connectivity index (χ0) is 14.6. The number of hydrogen-bond acceptors (Lipinski definition) is 3. The standard InChI is InChI=1S/C13H18F3NO2/c1-8-5-11(18-3)12(19-4)6-9(8)10(17-2)7-13(14,15)16/h5-6,10,17H,7H2,1-4H3. The number of halogens is 3. The Labute approximate surface area is 110 Å². The SMILES string of the molecule is CNC(CC(F)(F)F)c1cc(OC)c(OC)cc1C. The predicted molar refractivity (Wildman–Crippen MR) is 66.8 cm³/mol. The second kappa shape index (κ2) is 6.14. The summed E-state index contributed by atoms with van der Waals surface area (Å²) in [5, 5.41) is 2.69.